The molecule has 4 heteroatoms. The predicted octanol–water partition coefficient (Wildman–Crippen LogP) is 0.177. The van der Waals surface area contributed by atoms with Crippen molar-refractivity contribution >= 4 is 11.6 Å². The molecular weight excluding hydrogens is 411 g/mol. The van der Waals surface area contributed by atoms with Crippen LogP contribution in [0.2, 0.25) is 0 Å². The van der Waals surface area contributed by atoms with Crippen LogP contribution >= 0.6 is 0 Å². The Hall–Kier alpha value is -1.40. The van der Waals surface area contributed by atoms with Crippen LogP contribution in [0, 0.1) is 0 Å². The number of hydrogen-bond acceptors (Lipinski definition) is 1. The highest BCUT2D eigenvalue weighted by molar-refractivity contribution is 5.79. The third-order valence-corrected chi connectivity index (χ3v) is 3.87. The third-order valence-electron chi connectivity index (χ3n) is 3.87. The van der Waals surface area contributed by atoms with Gasteiger partial charge in [-0.15, -0.1) is 0 Å². The number of benzene rings is 2. The molecule has 0 heterocycles. The first-order valence-electron chi connectivity index (χ1n) is 8.09. The fourth-order valence-electron chi connectivity index (χ4n) is 2.59. The molecule has 0 aliphatic heterocycles. The molecule has 1 atom stereocenters. The van der Waals surface area contributed by atoms with Crippen LogP contribution in [0.15, 0.2) is 54.6 Å². The zero-order valence-corrected chi connectivity index (χ0v) is 17.1. The number of rotatable bonds is 6. The Morgan fingerprint density at radius 2 is 1.54 bits per heavy atom. The van der Waals surface area contributed by atoms with Gasteiger partial charge in [-0.05, 0) is 36.6 Å². The van der Waals surface area contributed by atoms with Crippen LogP contribution in [-0.4, -0.2) is 33.1 Å². The average molecular weight is 438 g/mol. The van der Waals surface area contributed by atoms with Gasteiger partial charge < -0.3 is 29.3 Å². The molecule has 1 unspecified atom stereocenters. The maximum Gasteiger partial charge on any atom is 0.224 e. The molecular formula is C20H27IN2O. The molecule has 0 aromatic heterocycles. The topological polar surface area (TPSA) is 29.1 Å². The molecule has 0 saturated heterocycles. The van der Waals surface area contributed by atoms with E-state index in [2.05, 4.69) is 50.7 Å². The predicted molar refractivity (Wildman–Crippen MR) is 97.5 cm³/mol. The van der Waals surface area contributed by atoms with E-state index in [1.807, 2.05) is 37.3 Å². The number of nitrogens with one attached hydrogen (secondary N) is 1. The second-order valence-corrected chi connectivity index (χ2v) is 7.01. The lowest BCUT2D eigenvalue weighted by Crippen LogP contribution is -3.00. The number of hydrogen-bond donors (Lipinski definition) is 1. The molecule has 2 aromatic rings. The number of carbonyl (C=O) groups excluding carboxylic acids is 1. The maximum absolute atomic E-state index is 12.2. The lowest BCUT2D eigenvalue weighted by molar-refractivity contribution is -0.121. The minimum absolute atomic E-state index is 0. The molecule has 24 heavy (non-hydrogen) atoms. The minimum Gasteiger partial charge on any atom is -1.00 e. The summed E-state index contributed by atoms with van der Waals surface area (Å²) in [5.41, 5.74) is 3.52. The highest BCUT2D eigenvalue weighted by atomic mass is 127. The molecule has 3 nitrogen and oxygen atoms in total. The van der Waals surface area contributed by atoms with Crippen LogP contribution in [0.5, 0.6) is 0 Å². The van der Waals surface area contributed by atoms with Crippen LogP contribution in [0.25, 0.3) is 0 Å². The van der Waals surface area contributed by atoms with E-state index < -0.39 is 0 Å². The van der Waals surface area contributed by atoms with Gasteiger partial charge in [-0.25, -0.2) is 0 Å². The number of quaternary nitrogens is 1. The van der Waals surface area contributed by atoms with E-state index in [4.69, 9.17) is 0 Å². The Morgan fingerprint density at radius 1 is 0.958 bits per heavy atom. The van der Waals surface area contributed by atoms with Gasteiger partial charge in [-0.2, -0.15) is 0 Å². The van der Waals surface area contributed by atoms with E-state index in [1.165, 1.54) is 11.3 Å². The van der Waals surface area contributed by atoms with Crippen LogP contribution in [0.4, 0.5) is 5.69 Å². The van der Waals surface area contributed by atoms with Gasteiger partial charge in [0.15, 0.2) is 0 Å². The van der Waals surface area contributed by atoms with Crippen LogP contribution in [0.1, 0.15) is 18.1 Å². The molecule has 2 aromatic carbocycles. The third kappa shape index (κ3) is 6.61. The summed E-state index contributed by atoms with van der Waals surface area (Å²) in [4.78, 5) is 12.2. The van der Waals surface area contributed by atoms with Crippen molar-refractivity contribution in [2.45, 2.75) is 25.8 Å². The largest absolute Gasteiger partial charge is 1.00 e. The molecule has 2 rings (SSSR count). The van der Waals surface area contributed by atoms with Crippen molar-refractivity contribution in [3.05, 3.63) is 65.7 Å². The highest BCUT2D eigenvalue weighted by Gasteiger charge is 2.13. The molecule has 0 saturated carbocycles. The number of amides is 1. The van der Waals surface area contributed by atoms with Crippen molar-refractivity contribution in [1.82, 2.24) is 9.80 Å². The van der Waals surface area contributed by atoms with Gasteiger partial charge in [0.25, 0.3) is 0 Å². The zero-order chi connectivity index (χ0) is 16.9. The second kappa shape index (κ2) is 9.18. The fraction of sp³-hybridized carbons (Fsp3) is 0.350. The molecule has 0 fully saturated rings. The van der Waals surface area contributed by atoms with Crippen molar-refractivity contribution in [3.63, 3.8) is 0 Å². The molecule has 0 aliphatic rings. The first-order chi connectivity index (χ1) is 10.8. The summed E-state index contributed by atoms with van der Waals surface area (Å²) in [5.74, 6) is 0.0754. The molecule has 0 radical (unpaired) electrons. The molecule has 1 amide bonds. The van der Waals surface area contributed by atoms with Crippen molar-refractivity contribution < 1.29 is 28.8 Å². The summed E-state index contributed by atoms with van der Waals surface area (Å²) >= 11 is 0. The van der Waals surface area contributed by atoms with Gasteiger partial charge in [0.2, 0.25) is 5.91 Å². The average Bonchev–Trinajstić information content (AvgIpc) is 2.47. The summed E-state index contributed by atoms with van der Waals surface area (Å²) in [6.07, 6.45) is 1.28. The molecule has 0 aliphatic carbocycles. The van der Waals surface area contributed by atoms with E-state index in [1.54, 1.807) is 0 Å². The van der Waals surface area contributed by atoms with Gasteiger partial charge in [0.1, 0.15) is 5.69 Å². The zero-order valence-electron chi connectivity index (χ0n) is 14.9. The number of halogens is 1. The number of carbonyl (C=O) groups is 1. The van der Waals surface area contributed by atoms with Crippen LogP contribution in [0.3, 0.4) is 0 Å². The van der Waals surface area contributed by atoms with Crippen molar-refractivity contribution in [2.24, 2.45) is 0 Å². The van der Waals surface area contributed by atoms with E-state index in [9.17, 15) is 4.79 Å². The Morgan fingerprint density at radius 3 is 2.08 bits per heavy atom. The SMILES string of the molecule is CC(Cc1ccccc1)NC(=O)Cc1ccc([N+](C)(C)C)cc1.[I-]. The molecule has 1 N–H and O–H groups in total. The fourth-order valence-corrected chi connectivity index (χ4v) is 2.59. The summed E-state index contributed by atoms with van der Waals surface area (Å²) in [7, 11) is 6.40. The van der Waals surface area contributed by atoms with E-state index >= 15 is 0 Å². The quantitative estimate of drug-likeness (QED) is 0.506. The summed E-state index contributed by atoms with van der Waals surface area (Å²) < 4.78 is 0.778. The Labute approximate surface area is 162 Å². The van der Waals surface area contributed by atoms with Gasteiger partial charge in [-0.3, -0.25) is 9.28 Å². The van der Waals surface area contributed by atoms with Crippen molar-refractivity contribution in [1.29, 1.82) is 0 Å². The molecule has 0 spiro atoms. The Bertz CT molecular complexity index is 633. The van der Waals surface area contributed by atoms with Gasteiger partial charge in [0.05, 0.1) is 27.6 Å². The molecule has 0 bridgehead atoms. The summed E-state index contributed by atoms with van der Waals surface area (Å²) in [6, 6.07) is 18.6. The smallest absolute Gasteiger partial charge is 0.224 e. The lowest BCUT2D eigenvalue weighted by Gasteiger charge is -2.23. The molecule has 130 valence electrons. The second-order valence-electron chi connectivity index (χ2n) is 7.01. The normalized spacial score (nSPS) is 12.2. The van der Waals surface area contributed by atoms with Crippen LogP contribution < -0.4 is 33.8 Å². The maximum atomic E-state index is 12.2. The summed E-state index contributed by atoms with van der Waals surface area (Å²) in [5, 5.41) is 3.08. The van der Waals surface area contributed by atoms with Crippen molar-refractivity contribution in [3.8, 4) is 0 Å². The van der Waals surface area contributed by atoms with E-state index in [-0.39, 0.29) is 35.9 Å². The van der Waals surface area contributed by atoms with Gasteiger partial charge in [0, 0.05) is 6.04 Å². The van der Waals surface area contributed by atoms with Gasteiger partial charge in [-0.1, -0.05) is 42.5 Å². The van der Waals surface area contributed by atoms with Crippen LogP contribution in [-0.2, 0) is 17.6 Å². The lowest BCUT2D eigenvalue weighted by atomic mass is 10.1. The first-order valence-corrected chi connectivity index (χ1v) is 8.09. The Balaban J connectivity index is 0.00000288. The van der Waals surface area contributed by atoms with Crippen molar-refractivity contribution in [2.75, 3.05) is 21.1 Å². The van der Waals surface area contributed by atoms with E-state index in [0.717, 1.165) is 16.5 Å². The summed E-state index contributed by atoms with van der Waals surface area (Å²) in [6.45, 7) is 2.05. The Kier molecular flexibility index (Phi) is 7.90. The van der Waals surface area contributed by atoms with E-state index in [0.29, 0.717) is 6.42 Å². The van der Waals surface area contributed by atoms with Gasteiger partial charge >= 0.3 is 0 Å². The monoisotopic (exact) mass is 438 g/mol. The first kappa shape index (κ1) is 20.6. The highest BCUT2D eigenvalue weighted by Crippen LogP contribution is 2.17. The minimum atomic E-state index is 0. The standard InChI is InChI=1S/C20H26N2O.HI/c1-16(14-17-8-6-5-7-9-17)21-20(23)15-18-10-12-19(13-11-18)22(2,3)4;/h5-13,16H,14-15H2,1-4H3;1H. The number of nitrogens with zero attached hydrogens (tertiary/aromatic N) is 1.